The Balaban J connectivity index is 1.31. The minimum Gasteiger partial charge on any atom is -0.379 e. The summed E-state index contributed by atoms with van der Waals surface area (Å²) in [4.78, 5) is 4.34. The highest BCUT2D eigenvalue weighted by Crippen LogP contribution is 2.30. The molecule has 1 aliphatic heterocycles. The Kier molecular flexibility index (Phi) is 7.77. The Labute approximate surface area is 157 Å². The van der Waals surface area contributed by atoms with E-state index in [1.165, 1.54) is 36.8 Å². The van der Waals surface area contributed by atoms with Gasteiger partial charge in [-0.05, 0) is 49.7 Å². The molecule has 2 unspecified atom stereocenters. The van der Waals surface area contributed by atoms with Gasteiger partial charge in [0.15, 0.2) is 5.96 Å². The summed E-state index contributed by atoms with van der Waals surface area (Å²) < 4.78 is 11.3. The monoisotopic (exact) mass is 359 g/mol. The number of fused-ring (bicyclic) bond motifs is 1. The lowest BCUT2D eigenvalue weighted by Crippen LogP contribution is -2.40. The van der Waals surface area contributed by atoms with Crippen molar-refractivity contribution in [2.24, 2.45) is 4.99 Å². The fraction of sp³-hybridized carbons (Fsp3) is 0.667. The molecule has 1 fully saturated rings. The van der Waals surface area contributed by atoms with Crippen molar-refractivity contribution in [3.8, 4) is 0 Å². The second kappa shape index (κ2) is 10.5. The molecule has 0 radical (unpaired) electrons. The van der Waals surface area contributed by atoms with Crippen LogP contribution in [-0.2, 0) is 15.9 Å². The SMILES string of the molecule is CN=C(NCCCOCC1CCCO1)NCC1CCCc2ccccc21. The van der Waals surface area contributed by atoms with Crippen molar-refractivity contribution in [1.29, 1.82) is 0 Å². The highest BCUT2D eigenvalue weighted by atomic mass is 16.5. The van der Waals surface area contributed by atoms with Crippen LogP contribution >= 0.6 is 0 Å². The summed E-state index contributed by atoms with van der Waals surface area (Å²) in [6, 6.07) is 8.85. The van der Waals surface area contributed by atoms with Crippen LogP contribution in [0.3, 0.4) is 0 Å². The third-order valence-corrected chi connectivity index (χ3v) is 5.32. The molecule has 1 saturated heterocycles. The van der Waals surface area contributed by atoms with Gasteiger partial charge in [0.05, 0.1) is 12.7 Å². The van der Waals surface area contributed by atoms with Gasteiger partial charge in [-0.3, -0.25) is 4.99 Å². The Morgan fingerprint density at radius 1 is 1.23 bits per heavy atom. The number of aliphatic imine (C=N–C) groups is 1. The van der Waals surface area contributed by atoms with Crippen molar-refractivity contribution < 1.29 is 9.47 Å². The summed E-state index contributed by atoms with van der Waals surface area (Å²) in [7, 11) is 1.83. The van der Waals surface area contributed by atoms with Gasteiger partial charge in [0.2, 0.25) is 0 Å². The quantitative estimate of drug-likeness (QED) is 0.426. The lowest BCUT2D eigenvalue weighted by molar-refractivity contribution is 0.0168. The Hall–Kier alpha value is -1.59. The molecule has 0 saturated carbocycles. The van der Waals surface area contributed by atoms with Gasteiger partial charge in [0.25, 0.3) is 0 Å². The van der Waals surface area contributed by atoms with E-state index in [4.69, 9.17) is 9.47 Å². The molecule has 0 bridgehead atoms. The van der Waals surface area contributed by atoms with Crippen LogP contribution in [0.25, 0.3) is 0 Å². The first-order valence-electron chi connectivity index (χ1n) is 10.1. The lowest BCUT2D eigenvalue weighted by atomic mass is 9.83. The Morgan fingerprint density at radius 2 is 2.15 bits per heavy atom. The summed E-state index contributed by atoms with van der Waals surface area (Å²) in [6.45, 7) is 4.19. The first kappa shape index (κ1) is 19.2. The van der Waals surface area contributed by atoms with Crippen LogP contribution in [0.15, 0.2) is 29.3 Å². The number of benzene rings is 1. The largest absolute Gasteiger partial charge is 0.379 e. The predicted molar refractivity (Wildman–Crippen MR) is 106 cm³/mol. The summed E-state index contributed by atoms with van der Waals surface area (Å²) >= 11 is 0. The lowest BCUT2D eigenvalue weighted by Gasteiger charge is -2.26. The minimum atomic E-state index is 0.316. The van der Waals surface area contributed by atoms with Gasteiger partial charge in [-0.25, -0.2) is 0 Å². The highest BCUT2D eigenvalue weighted by Gasteiger charge is 2.19. The average molecular weight is 360 g/mol. The van der Waals surface area contributed by atoms with E-state index in [-0.39, 0.29) is 0 Å². The summed E-state index contributed by atoms with van der Waals surface area (Å²) in [5, 5.41) is 6.88. The fourth-order valence-electron chi connectivity index (χ4n) is 3.88. The van der Waals surface area contributed by atoms with Crippen molar-refractivity contribution in [3.63, 3.8) is 0 Å². The van der Waals surface area contributed by atoms with Crippen molar-refractivity contribution in [2.75, 3.05) is 40.0 Å². The zero-order valence-electron chi connectivity index (χ0n) is 16.0. The number of guanidine groups is 1. The van der Waals surface area contributed by atoms with E-state index in [0.717, 1.165) is 51.7 Å². The third kappa shape index (κ3) is 5.71. The molecule has 2 atom stereocenters. The van der Waals surface area contributed by atoms with E-state index in [9.17, 15) is 0 Å². The average Bonchev–Trinajstić information content (AvgIpc) is 3.20. The predicted octanol–water partition coefficient (Wildman–Crippen LogP) is 2.86. The molecule has 3 rings (SSSR count). The molecule has 5 heteroatoms. The Morgan fingerprint density at radius 3 is 3.00 bits per heavy atom. The van der Waals surface area contributed by atoms with Crippen molar-refractivity contribution in [1.82, 2.24) is 10.6 Å². The normalized spacial score (nSPS) is 22.9. The van der Waals surface area contributed by atoms with Gasteiger partial charge in [-0.2, -0.15) is 0 Å². The van der Waals surface area contributed by atoms with E-state index in [1.807, 2.05) is 7.05 Å². The zero-order valence-corrected chi connectivity index (χ0v) is 16.0. The van der Waals surface area contributed by atoms with Crippen molar-refractivity contribution in [3.05, 3.63) is 35.4 Å². The number of aryl methyl sites for hydroxylation is 1. The van der Waals surface area contributed by atoms with Crippen LogP contribution < -0.4 is 10.6 Å². The minimum absolute atomic E-state index is 0.316. The molecular weight excluding hydrogens is 326 g/mol. The molecule has 5 nitrogen and oxygen atoms in total. The maximum absolute atomic E-state index is 5.70. The molecule has 2 aliphatic rings. The van der Waals surface area contributed by atoms with Gasteiger partial charge in [0, 0.05) is 39.3 Å². The van der Waals surface area contributed by atoms with Gasteiger partial charge in [-0.15, -0.1) is 0 Å². The molecule has 26 heavy (non-hydrogen) atoms. The zero-order chi connectivity index (χ0) is 18.0. The Bertz CT molecular complexity index is 570. The molecule has 2 N–H and O–H groups in total. The van der Waals surface area contributed by atoms with Gasteiger partial charge >= 0.3 is 0 Å². The first-order chi connectivity index (χ1) is 12.9. The van der Waals surface area contributed by atoms with E-state index in [1.54, 1.807) is 0 Å². The van der Waals surface area contributed by atoms with Crippen LogP contribution in [0, 0.1) is 0 Å². The van der Waals surface area contributed by atoms with E-state index < -0.39 is 0 Å². The molecule has 0 aromatic heterocycles. The molecular formula is C21H33N3O2. The van der Waals surface area contributed by atoms with Crippen LogP contribution in [0.4, 0.5) is 0 Å². The summed E-state index contributed by atoms with van der Waals surface area (Å²) in [5.41, 5.74) is 3.01. The second-order valence-corrected chi connectivity index (χ2v) is 7.23. The molecule has 0 spiro atoms. The maximum Gasteiger partial charge on any atom is 0.190 e. The van der Waals surface area contributed by atoms with Gasteiger partial charge < -0.3 is 20.1 Å². The first-order valence-corrected chi connectivity index (χ1v) is 10.1. The van der Waals surface area contributed by atoms with Crippen LogP contribution in [0.1, 0.15) is 49.1 Å². The van der Waals surface area contributed by atoms with Crippen LogP contribution in [-0.4, -0.2) is 52.0 Å². The third-order valence-electron chi connectivity index (χ3n) is 5.32. The van der Waals surface area contributed by atoms with Crippen molar-refractivity contribution in [2.45, 2.75) is 50.5 Å². The van der Waals surface area contributed by atoms with E-state index in [2.05, 4.69) is 39.9 Å². The second-order valence-electron chi connectivity index (χ2n) is 7.23. The number of hydrogen-bond acceptors (Lipinski definition) is 3. The number of nitrogens with zero attached hydrogens (tertiary/aromatic N) is 1. The number of rotatable bonds is 8. The highest BCUT2D eigenvalue weighted by molar-refractivity contribution is 5.79. The summed E-state index contributed by atoms with van der Waals surface area (Å²) in [6.07, 6.45) is 7.33. The number of nitrogens with one attached hydrogen (secondary N) is 2. The maximum atomic E-state index is 5.70. The van der Waals surface area contributed by atoms with Gasteiger partial charge in [-0.1, -0.05) is 24.3 Å². The molecule has 1 aliphatic carbocycles. The van der Waals surface area contributed by atoms with Crippen molar-refractivity contribution >= 4 is 5.96 Å². The topological polar surface area (TPSA) is 54.9 Å². The van der Waals surface area contributed by atoms with Crippen LogP contribution in [0.5, 0.6) is 0 Å². The number of hydrogen-bond donors (Lipinski definition) is 2. The van der Waals surface area contributed by atoms with Gasteiger partial charge in [0.1, 0.15) is 0 Å². The molecule has 1 aromatic carbocycles. The van der Waals surface area contributed by atoms with E-state index in [0.29, 0.717) is 12.0 Å². The molecule has 0 amide bonds. The smallest absolute Gasteiger partial charge is 0.190 e. The molecule has 1 aromatic rings. The number of ether oxygens (including phenoxy) is 2. The fourth-order valence-corrected chi connectivity index (χ4v) is 3.88. The molecule has 144 valence electrons. The molecule has 1 heterocycles. The van der Waals surface area contributed by atoms with E-state index >= 15 is 0 Å². The summed E-state index contributed by atoms with van der Waals surface area (Å²) in [5.74, 6) is 1.46. The van der Waals surface area contributed by atoms with Crippen LogP contribution in [0.2, 0.25) is 0 Å². The standard InChI is InChI=1S/C21H33N3O2/c1-22-21(23-12-6-13-25-16-19-10-5-14-26-19)24-15-18-9-4-8-17-7-2-3-11-20(17)18/h2-3,7,11,18-19H,4-6,8-10,12-16H2,1H3,(H2,22,23,24).